The van der Waals surface area contributed by atoms with Crippen molar-refractivity contribution < 1.29 is 61.5 Å². The number of rotatable bonds is 7. The van der Waals surface area contributed by atoms with E-state index in [1.807, 2.05) is 0 Å². The molecule has 39 heavy (non-hydrogen) atoms. The number of esters is 2. The van der Waals surface area contributed by atoms with Crippen LogP contribution in [0.1, 0.15) is 1.43 Å². The SMILES string of the molecule is COC(=O)[C@@H]1CN(C)C(=O)N1.COC(=O)[C@@H]1CN(C)C(=O)N1C.O.O.[B][B]B(B([B])[B])B(B([B])[B])B([B])[B].[HH].[Pd]. The Hall–Kier alpha value is -1.09. The molecule has 2 heterocycles. The van der Waals surface area contributed by atoms with Crippen LogP contribution in [0.15, 0.2) is 0 Å². The van der Waals surface area contributed by atoms with Crippen molar-refractivity contribution >= 4 is 117 Å². The van der Waals surface area contributed by atoms with Gasteiger partial charge in [-0.15, -0.1) is 0 Å². The van der Waals surface area contributed by atoms with E-state index in [9.17, 15) is 19.2 Å². The van der Waals surface area contributed by atoms with Crippen LogP contribution in [0.25, 0.3) is 0 Å². The van der Waals surface area contributed by atoms with Crippen LogP contribution in [0.4, 0.5) is 9.59 Å². The number of nitrogens with one attached hydrogen (secondary N) is 1. The predicted octanol–water partition coefficient (Wildman–Crippen LogP) is -7.65. The Morgan fingerprint density at radius 3 is 1.59 bits per heavy atom. The summed E-state index contributed by atoms with van der Waals surface area (Å²) in [4.78, 5) is 48.2. The molecule has 0 bridgehead atoms. The minimum atomic E-state index is -0.695. The van der Waals surface area contributed by atoms with Gasteiger partial charge in [0, 0.05) is 136 Å². The first kappa shape index (κ1) is 44.9. The van der Waals surface area contributed by atoms with Crippen molar-refractivity contribution in [3.05, 3.63) is 0 Å². The number of carbonyl (C=O) groups is 4. The first-order valence-corrected chi connectivity index (χ1v) is 10.9. The standard InChI is InChI=1S/C7H12N2O3.C6H10N2O3.B13.2H2O.Pd.H2/c1-8-4-5(6(10)12-3)9(2)7(8)11;1-8-3-4(5(9)11-2)7-6(8)10;1-8-12(9(2)3)13(10(4)5)11(6)7;;;;/h5H,4H2,1-3H3;4H,3H2,1-2H3,(H,7,10);;2*1H2;;1H/t5-;4-;;;;;/m00...../s1. The third-order valence-electron chi connectivity index (χ3n) is 5.60. The molecule has 2 aliphatic heterocycles. The minimum Gasteiger partial charge on any atom is -0.467 e. The van der Waals surface area contributed by atoms with Gasteiger partial charge in [0.15, 0.2) is 0 Å². The van der Waals surface area contributed by atoms with Crippen LogP contribution < -0.4 is 5.32 Å². The first-order valence-electron chi connectivity index (χ1n) is 10.9. The normalized spacial score (nSPS) is 16.6. The number of amides is 4. The Labute approximate surface area is 258 Å². The molecule has 4 amide bonds. The number of urea groups is 2. The molecular formula is C13H28B13N4O8Pd. The summed E-state index contributed by atoms with van der Waals surface area (Å²) in [5, 5.41) is 2.47. The first-order chi connectivity index (χ1) is 16.6. The largest absolute Gasteiger partial charge is 0.467 e. The van der Waals surface area contributed by atoms with E-state index in [0.29, 0.717) is 13.1 Å². The van der Waals surface area contributed by atoms with Crippen LogP contribution in [0.3, 0.4) is 0 Å². The van der Waals surface area contributed by atoms with E-state index in [-0.39, 0.29) is 57.2 Å². The summed E-state index contributed by atoms with van der Waals surface area (Å²) in [5.74, 6) is -0.766. The van der Waals surface area contributed by atoms with E-state index in [1.165, 1.54) is 36.0 Å². The fraction of sp³-hybridized carbons (Fsp3) is 0.692. The molecule has 0 aliphatic carbocycles. The Kier molecular flexibility index (Phi) is 24.9. The summed E-state index contributed by atoms with van der Waals surface area (Å²) in [6.07, 6.45) is -2.87. The molecule has 0 aromatic heterocycles. The van der Waals surface area contributed by atoms with Crippen molar-refractivity contribution in [1.29, 1.82) is 0 Å². The van der Waals surface area contributed by atoms with Crippen LogP contribution in [0, 0.1) is 0 Å². The number of ether oxygens (including phenoxy) is 2. The van der Waals surface area contributed by atoms with Crippen LogP contribution in [0.2, 0.25) is 0 Å². The van der Waals surface area contributed by atoms with Gasteiger partial charge in [-0.1, -0.05) is 0 Å². The molecule has 0 spiro atoms. The van der Waals surface area contributed by atoms with E-state index in [0.717, 1.165) is 0 Å². The van der Waals surface area contributed by atoms with Gasteiger partial charge in [-0.2, -0.15) is 0 Å². The van der Waals surface area contributed by atoms with Crippen LogP contribution >= 0.6 is 0 Å². The monoisotopic (exact) mass is 617 g/mol. The molecule has 197 valence electrons. The van der Waals surface area contributed by atoms with Crippen LogP contribution in [-0.2, 0) is 39.5 Å². The summed E-state index contributed by atoms with van der Waals surface area (Å²) < 4.78 is 8.99. The number of likely N-dealkylation sites (N-methyl/N-ethyl adjacent to an activating group) is 3. The van der Waals surface area contributed by atoms with Gasteiger partial charge in [0.1, 0.15) is 12.1 Å². The third kappa shape index (κ3) is 13.9. The van der Waals surface area contributed by atoms with Gasteiger partial charge in [-0.25, -0.2) is 19.2 Å². The maximum absolute atomic E-state index is 11.2. The zero-order valence-corrected chi connectivity index (χ0v) is 24.2. The summed E-state index contributed by atoms with van der Waals surface area (Å²) in [5.41, 5.74) is 0. The van der Waals surface area contributed by atoms with E-state index in [2.05, 4.69) is 14.8 Å². The van der Waals surface area contributed by atoms with Crippen molar-refractivity contribution in [2.75, 3.05) is 48.5 Å². The molecule has 0 saturated carbocycles. The molecule has 2 aliphatic rings. The molecule has 2 atom stereocenters. The van der Waals surface area contributed by atoms with E-state index >= 15 is 0 Å². The minimum absolute atomic E-state index is 0. The second kappa shape index (κ2) is 21.6. The summed E-state index contributed by atoms with van der Waals surface area (Å²) in [6, 6.07) is -1.34. The molecule has 12 nitrogen and oxygen atoms in total. The van der Waals surface area contributed by atoms with E-state index in [4.69, 9.17) is 54.2 Å². The van der Waals surface area contributed by atoms with Gasteiger partial charge in [0.05, 0.1) is 27.3 Å². The van der Waals surface area contributed by atoms with Crippen molar-refractivity contribution in [3.63, 3.8) is 0 Å². The fourth-order valence-electron chi connectivity index (χ4n) is 3.45. The van der Waals surface area contributed by atoms with Crippen LogP contribution in [-0.4, -0.2) is 203 Å². The van der Waals surface area contributed by atoms with Gasteiger partial charge < -0.3 is 40.4 Å². The summed E-state index contributed by atoms with van der Waals surface area (Å²) in [7, 11) is 47.0. The van der Waals surface area contributed by atoms with Gasteiger partial charge in [-0.05, 0) is 0 Å². The molecule has 0 aromatic rings. The third-order valence-corrected chi connectivity index (χ3v) is 5.60. The Balaban J connectivity index is -0.000000146. The maximum atomic E-state index is 11.2. The number of carbonyl (C=O) groups excluding carboxylic acids is 4. The van der Waals surface area contributed by atoms with E-state index < -0.39 is 43.6 Å². The molecule has 26 heteroatoms. The zero-order valence-electron chi connectivity index (χ0n) is 22.7. The van der Waals surface area contributed by atoms with Gasteiger partial charge in [0.25, 0.3) is 0 Å². The fourth-order valence-corrected chi connectivity index (χ4v) is 3.45. The Bertz CT molecular complexity index is 763. The topological polar surface area (TPSA) is 171 Å². The molecule has 15 radical (unpaired) electrons. The molecule has 5 N–H and O–H groups in total. The zero-order chi connectivity index (χ0) is 28.3. The van der Waals surface area contributed by atoms with Crippen molar-refractivity contribution in [1.82, 2.24) is 20.0 Å². The molecule has 0 aromatic carbocycles. The number of hydrogen-bond donors (Lipinski definition) is 1. The molecule has 2 fully saturated rings. The summed E-state index contributed by atoms with van der Waals surface area (Å²) in [6.45, 7) is 0.785. The number of nitrogens with zero attached hydrogens (tertiary/aromatic N) is 3. The number of hydrogen-bond acceptors (Lipinski definition) is 6. The Morgan fingerprint density at radius 2 is 1.36 bits per heavy atom. The maximum Gasteiger partial charge on any atom is 0.330 e. The van der Waals surface area contributed by atoms with Crippen LogP contribution in [0.5, 0.6) is 0 Å². The quantitative estimate of drug-likeness (QED) is 0.220. The second-order valence-electron chi connectivity index (χ2n) is 8.30. The average Bonchev–Trinajstić information content (AvgIpc) is 3.28. The smallest absolute Gasteiger partial charge is 0.330 e. The average molecular weight is 615 g/mol. The van der Waals surface area contributed by atoms with Crippen molar-refractivity contribution in [3.8, 4) is 0 Å². The van der Waals surface area contributed by atoms with E-state index in [1.54, 1.807) is 21.1 Å². The predicted molar refractivity (Wildman–Crippen MR) is 163 cm³/mol. The number of methoxy groups -OCH3 is 2. The van der Waals surface area contributed by atoms with Gasteiger partial charge in [-0.3, -0.25) is 0 Å². The van der Waals surface area contributed by atoms with Gasteiger partial charge in [0.2, 0.25) is 0 Å². The van der Waals surface area contributed by atoms with Crippen molar-refractivity contribution in [2.45, 2.75) is 12.1 Å². The second-order valence-corrected chi connectivity index (χ2v) is 8.30. The molecule has 0 unspecified atom stereocenters. The van der Waals surface area contributed by atoms with Gasteiger partial charge >= 0.3 is 24.0 Å². The molecule has 2 saturated heterocycles. The summed E-state index contributed by atoms with van der Waals surface area (Å²) >= 11 is 0. The van der Waals surface area contributed by atoms with Crippen molar-refractivity contribution in [2.24, 2.45) is 0 Å². The Morgan fingerprint density at radius 1 is 0.897 bits per heavy atom. The molecule has 2 rings (SSSR count). The molecular weight excluding hydrogens is 587 g/mol.